The van der Waals surface area contributed by atoms with Crippen molar-refractivity contribution in [3.8, 4) is 0 Å². The number of nitrogens with zero attached hydrogens (tertiary/aromatic N) is 2. The molecule has 0 saturated carbocycles. The lowest BCUT2D eigenvalue weighted by Crippen LogP contribution is -2.68. The van der Waals surface area contributed by atoms with E-state index in [0.717, 1.165) is 4.90 Å². The van der Waals surface area contributed by atoms with Gasteiger partial charge in [-0.25, -0.2) is 4.39 Å². The summed E-state index contributed by atoms with van der Waals surface area (Å²) in [6.45, 7) is -0.235. The summed E-state index contributed by atoms with van der Waals surface area (Å²) in [6.07, 6.45) is -6.65. The molecule has 0 aromatic rings. The van der Waals surface area contributed by atoms with E-state index in [1.807, 2.05) is 0 Å². The highest BCUT2D eigenvalue weighted by molar-refractivity contribution is 6.41. The zero-order valence-corrected chi connectivity index (χ0v) is 9.30. The first-order valence-corrected chi connectivity index (χ1v) is 5.40. The Kier molecular flexibility index (Phi) is 3.54. The van der Waals surface area contributed by atoms with Crippen molar-refractivity contribution in [2.75, 3.05) is 26.1 Å². The molecule has 2 aliphatic heterocycles. The number of morpholine rings is 1. The minimum atomic E-state index is -3.79. The number of alkyl halides is 3. The van der Waals surface area contributed by atoms with Gasteiger partial charge in [0.2, 0.25) is 0 Å². The Hall–Kier alpha value is -0.835. The fourth-order valence-corrected chi connectivity index (χ4v) is 2.18. The van der Waals surface area contributed by atoms with Gasteiger partial charge >= 0.3 is 13.2 Å². The Bertz CT molecular complexity index is 346. The van der Waals surface area contributed by atoms with E-state index in [2.05, 4.69) is 4.74 Å². The first-order valence-electron chi connectivity index (χ1n) is 5.40. The van der Waals surface area contributed by atoms with E-state index < -0.39 is 31.5 Å². The van der Waals surface area contributed by atoms with Gasteiger partial charge in [-0.1, -0.05) is 0 Å². The summed E-state index contributed by atoms with van der Waals surface area (Å²) in [7, 11) is -1.65. The normalized spacial score (nSPS) is 32.3. The summed E-state index contributed by atoms with van der Waals surface area (Å²) >= 11 is 0. The maximum Gasteiger partial charge on any atom is 0.466 e. The molecule has 2 rings (SSSR count). The SMILES string of the molecule is O=C1[C@@H](F)OC(F)(F)C2CN(CB(O)O)CCN12. The van der Waals surface area contributed by atoms with Gasteiger partial charge in [0.1, 0.15) is 6.04 Å². The van der Waals surface area contributed by atoms with Crippen LogP contribution >= 0.6 is 0 Å². The number of amides is 1. The van der Waals surface area contributed by atoms with Crippen LogP contribution in [-0.2, 0) is 9.53 Å². The Labute approximate surface area is 101 Å². The van der Waals surface area contributed by atoms with Crippen molar-refractivity contribution in [2.24, 2.45) is 0 Å². The van der Waals surface area contributed by atoms with Gasteiger partial charge < -0.3 is 19.8 Å². The molecule has 0 spiro atoms. The van der Waals surface area contributed by atoms with Gasteiger partial charge in [0.15, 0.2) is 0 Å². The third-order valence-corrected chi connectivity index (χ3v) is 3.01. The summed E-state index contributed by atoms with van der Waals surface area (Å²) in [4.78, 5) is 13.5. The van der Waals surface area contributed by atoms with Crippen LogP contribution in [0.4, 0.5) is 13.2 Å². The van der Waals surface area contributed by atoms with Crippen molar-refractivity contribution >= 4 is 13.0 Å². The molecule has 10 heteroatoms. The van der Waals surface area contributed by atoms with Crippen molar-refractivity contribution in [2.45, 2.75) is 18.5 Å². The van der Waals surface area contributed by atoms with E-state index in [9.17, 15) is 18.0 Å². The second-order valence-electron chi connectivity index (χ2n) is 4.28. The number of halogens is 3. The summed E-state index contributed by atoms with van der Waals surface area (Å²) in [5.41, 5.74) is 0. The van der Waals surface area contributed by atoms with Crippen LogP contribution in [0.3, 0.4) is 0 Å². The van der Waals surface area contributed by atoms with Gasteiger partial charge in [-0.3, -0.25) is 9.53 Å². The number of ether oxygens (including phenoxy) is 1. The fourth-order valence-electron chi connectivity index (χ4n) is 2.18. The highest BCUT2D eigenvalue weighted by Crippen LogP contribution is 2.34. The standard InChI is InChI=1S/C8H12BF3N2O4/c10-6-7(15)14-2-1-13(4-9(16)17)3-5(14)8(11,12)18-6/h5-6,16-17H,1-4H2/t5?,6-/m0/s1. The Morgan fingerprint density at radius 1 is 1.44 bits per heavy atom. The molecule has 2 saturated heterocycles. The van der Waals surface area contributed by atoms with Crippen molar-refractivity contribution in [3.63, 3.8) is 0 Å². The lowest BCUT2D eigenvalue weighted by molar-refractivity contribution is -0.334. The van der Waals surface area contributed by atoms with Crippen LogP contribution < -0.4 is 0 Å². The van der Waals surface area contributed by atoms with Crippen molar-refractivity contribution in [1.82, 2.24) is 9.80 Å². The number of piperazine rings is 1. The Morgan fingerprint density at radius 3 is 2.72 bits per heavy atom. The average Bonchev–Trinajstić information content (AvgIpc) is 2.25. The zero-order chi connectivity index (χ0) is 13.5. The zero-order valence-electron chi connectivity index (χ0n) is 9.30. The molecule has 0 aromatic heterocycles. The van der Waals surface area contributed by atoms with Gasteiger partial charge in [0.05, 0.1) is 0 Å². The lowest BCUT2D eigenvalue weighted by Gasteiger charge is -2.47. The molecule has 102 valence electrons. The largest absolute Gasteiger partial charge is 0.466 e. The molecule has 2 N–H and O–H groups in total. The molecule has 2 heterocycles. The van der Waals surface area contributed by atoms with Crippen molar-refractivity contribution < 1.29 is 32.8 Å². The number of rotatable bonds is 2. The Balaban J connectivity index is 2.11. The van der Waals surface area contributed by atoms with Gasteiger partial charge in [0.25, 0.3) is 12.3 Å². The van der Waals surface area contributed by atoms with Gasteiger partial charge in [0, 0.05) is 26.1 Å². The third kappa shape index (κ3) is 2.46. The van der Waals surface area contributed by atoms with E-state index in [0.29, 0.717) is 0 Å². The highest BCUT2D eigenvalue weighted by Gasteiger charge is 2.56. The van der Waals surface area contributed by atoms with Crippen LogP contribution in [0.1, 0.15) is 0 Å². The monoisotopic (exact) mass is 268 g/mol. The summed E-state index contributed by atoms with van der Waals surface area (Å²) < 4.78 is 43.7. The van der Waals surface area contributed by atoms with E-state index in [1.165, 1.54) is 4.90 Å². The van der Waals surface area contributed by atoms with Gasteiger partial charge in [-0.15, -0.1) is 0 Å². The first-order chi connectivity index (χ1) is 8.31. The molecule has 0 aliphatic carbocycles. The summed E-state index contributed by atoms with van der Waals surface area (Å²) in [6, 6.07) is -1.61. The van der Waals surface area contributed by atoms with Crippen LogP contribution in [-0.4, -0.2) is 77.5 Å². The van der Waals surface area contributed by atoms with E-state index in [4.69, 9.17) is 10.0 Å². The van der Waals surface area contributed by atoms with E-state index in [1.54, 1.807) is 0 Å². The van der Waals surface area contributed by atoms with Crippen molar-refractivity contribution in [1.29, 1.82) is 0 Å². The second kappa shape index (κ2) is 4.69. The minimum absolute atomic E-state index is 0.102. The van der Waals surface area contributed by atoms with Gasteiger partial charge in [-0.2, -0.15) is 8.78 Å². The predicted octanol–water partition coefficient (Wildman–Crippen LogP) is -1.57. The molecule has 0 radical (unpaired) electrons. The molecule has 2 atom stereocenters. The number of carbonyl (C=O) groups excluding carboxylic acids is 1. The van der Waals surface area contributed by atoms with Gasteiger partial charge in [-0.05, 0) is 0 Å². The third-order valence-electron chi connectivity index (χ3n) is 3.01. The topological polar surface area (TPSA) is 73.2 Å². The highest BCUT2D eigenvalue weighted by atomic mass is 19.3. The average molecular weight is 268 g/mol. The number of hydrogen-bond acceptors (Lipinski definition) is 5. The number of fused-ring (bicyclic) bond motifs is 1. The Morgan fingerprint density at radius 2 is 2.11 bits per heavy atom. The minimum Gasteiger partial charge on any atom is -0.426 e. The molecular formula is C8H12BF3N2O4. The van der Waals surface area contributed by atoms with Crippen LogP contribution in [0.25, 0.3) is 0 Å². The molecular weight excluding hydrogens is 256 g/mol. The predicted molar refractivity (Wildman–Crippen MR) is 53.1 cm³/mol. The molecule has 2 aliphatic rings. The molecule has 6 nitrogen and oxygen atoms in total. The maximum atomic E-state index is 13.5. The molecule has 18 heavy (non-hydrogen) atoms. The number of hydrogen-bond donors (Lipinski definition) is 2. The molecule has 1 unspecified atom stereocenters. The first kappa shape index (κ1) is 13.6. The van der Waals surface area contributed by atoms with Crippen LogP contribution in [0, 0.1) is 0 Å². The molecule has 0 bridgehead atoms. The van der Waals surface area contributed by atoms with Crippen molar-refractivity contribution in [3.05, 3.63) is 0 Å². The van der Waals surface area contributed by atoms with Crippen LogP contribution in [0.5, 0.6) is 0 Å². The lowest BCUT2D eigenvalue weighted by atomic mass is 9.90. The maximum absolute atomic E-state index is 13.5. The summed E-state index contributed by atoms with van der Waals surface area (Å²) in [5, 5.41) is 17.6. The summed E-state index contributed by atoms with van der Waals surface area (Å²) in [5.74, 6) is -1.12. The molecule has 0 aromatic carbocycles. The smallest absolute Gasteiger partial charge is 0.426 e. The van der Waals surface area contributed by atoms with Crippen LogP contribution in [0.2, 0.25) is 0 Å². The number of carbonyl (C=O) groups is 1. The fraction of sp³-hybridized carbons (Fsp3) is 0.875. The van der Waals surface area contributed by atoms with Crippen LogP contribution in [0.15, 0.2) is 0 Å². The van der Waals surface area contributed by atoms with E-state index in [-0.39, 0.29) is 26.1 Å². The molecule has 2 fully saturated rings. The quantitative estimate of drug-likeness (QED) is 0.592. The molecule has 1 amide bonds. The van der Waals surface area contributed by atoms with E-state index >= 15 is 0 Å². The second-order valence-corrected chi connectivity index (χ2v) is 4.28.